The second-order valence-electron chi connectivity index (χ2n) is 6.85. The van der Waals surface area contributed by atoms with Gasteiger partial charge in [0.15, 0.2) is 5.82 Å². The van der Waals surface area contributed by atoms with E-state index in [2.05, 4.69) is 5.32 Å². The first kappa shape index (κ1) is 20.6. The van der Waals surface area contributed by atoms with Crippen LogP contribution in [0, 0.1) is 5.82 Å². The van der Waals surface area contributed by atoms with Gasteiger partial charge in [-0.15, -0.1) is 0 Å². The van der Waals surface area contributed by atoms with Crippen molar-refractivity contribution in [3.8, 4) is 5.75 Å². The highest BCUT2D eigenvalue weighted by Crippen LogP contribution is 2.39. The zero-order chi connectivity index (χ0) is 20.7. The van der Waals surface area contributed by atoms with Crippen molar-refractivity contribution in [2.75, 3.05) is 17.4 Å². The first-order valence-electron chi connectivity index (χ1n) is 8.64. The van der Waals surface area contributed by atoms with Gasteiger partial charge in [0.2, 0.25) is 0 Å². The van der Waals surface area contributed by atoms with Crippen molar-refractivity contribution in [3.05, 3.63) is 23.0 Å². The van der Waals surface area contributed by atoms with E-state index in [-0.39, 0.29) is 31.0 Å². The normalized spacial score (nSPS) is 21.5. The van der Waals surface area contributed by atoms with Gasteiger partial charge in [-0.25, -0.2) is 13.4 Å². The predicted molar refractivity (Wildman–Crippen MR) is 91.6 cm³/mol. The van der Waals surface area contributed by atoms with Gasteiger partial charge in [-0.1, -0.05) is 0 Å². The summed E-state index contributed by atoms with van der Waals surface area (Å²) in [6, 6.07) is 0.994. The van der Waals surface area contributed by atoms with E-state index in [1.807, 2.05) is 0 Å². The van der Waals surface area contributed by atoms with Gasteiger partial charge in [0.05, 0.1) is 0 Å². The van der Waals surface area contributed by atoms with Crippen LogP contribution in [0.5, 0.6) is 5.75 Å². The van der Waals surface area contributed by atoms with Crippen LogP contribution in [-0.2, 0) is 27.8 Å². The van der Waals surface area contributed by atoms with Crippen molar-refractivity contribution in [3.63, 3.8) is 0 Å². The van der Waals surface area contributed by atoms with E-state index in [1.165, 1.54) is 6.07 Å². The van der Waals surface area contributed by atoms with Crippen LogP contribution in [0.15, 0.2) is 6.07 Å². The molecule has 1 saturated heterocycles. The molecule has 1 atom stereocenters. The lowest BCUT2D eigenvalue weighted by atomic mass is 9.87. The predicted octanol–water partition coefficient (Wildman–Crippen LogP) is 1.50. The van der Waals surface area contributed by atoms with E-state index >= 15 is 4.39 Å². The first-order chi connectivity index (χ1) is 13.0. The third-order valence-electron chi connectivity index (χ3n) is 4.77. The molecule has 12 heteroatoms. The van der Waals surface area contributed by atoms with E-state index in [4.69, 9.17) is 0 Å². The topological polar surface area (TPSA) is 98.7 Å². The number of amides is 1. The van der Waals surface area contributed by atoms with Crippen LogP contribution in [0.3, 0.4) is 0 Å². The number of halogens is 4. The van der Waals surface area contributed by atoms with Crippen LogP contribution in [0.25, 0.3) is 0 Å². The summed E-state index contributed by atoms with van der Waals surface area (Å²) in [6.07, 6.45) is -4.19. The number of benzene rings is 1. The average molecular weight is 425 g/mol. The monoisotopic (exact) mass is 425 g/mol. The van der Waals surface area contributed by atoms with Crippen molar-refractivity contribution < 1.29 is 35.9 Å². The van der Waals surface area contributed by atoms with Crippen LogP contribution in [0.1, 0.15) is 30.4 Å². The molecule has 1 aromatic carbocycles. The minimum absolute atomic E-state index is 0.101. The molecule has 1 fully saturated rings. The molecule has 3 N–H and O–H groups in total. The number of hydrogen-bond donors (Lipinski definition) is 3. The maximum Gasteiger partial charge on any atom is 0.389 e. The van der Waals surface area contributed by atoms with Gasteiger partial charge in [0, 0.05) is 12.5 Å². The number of alkyl halides is 3. The molecule has 1 amide bonds. The molecule has 1 unspecified atom stereocenters. The number of hydrogen-bond acceptors (Lipinski definition) is 5. The number of carbonyl (C=O) groups excluding carboxylic acids is 1. The fourth-order valence-corrected chi connectivity index (χ4v) is 4.65. The Morgan fingerprint density at radius 2 is 2.07 bits per heavy atom. The summed E-state index contributed by atoms with van der Waals surface area (Å²) in [5.74, 6) is -2.38. The SMILES string of the molecule is O=C1CN(c2c(O)cc3c(c2F)CC(NCCCC(F)(F)F)CC3)S(=O)(=O)N1. The minimum atomic E-state index is -4.29. The average Bonchev–Trinajstić information content (AvgIpc) is 2.83. The lowest BCUT2D eigenvalue weighted by Gasteiger charge is -2.28. The quantitative estimate of drug-likeness (QED) is 0.491. The summed E-state index contributed by atoms with van der Waals surface area (Å²) >= 11 is 0. The molecule has 0 radical (unpaired) electrons. The van der Waals surface area contributed by atoms with E-state index < -0.39 is 52.5 Å². The summed E-state index contributed by atoms with van der Waals surface area (Å²) in [5, 5.41) is 13.1. The fourth-order valence-electron chi connectivity index (χ4n) is 3.49. The van der Waals surface area contributed by atoms with Crippen LogP contribution in [0.4, 0.5) is 23.2 Å². The smallest absolute Gasteiger partial charge is 0.389 e. The number of fused-ring (bicyclic) bond motifs is 1. The Balaban J connectivity index is 1.78. The number of aromatic hydroxyl groups is 1. The molecule has 156 valence electrons. The molecule has 0 saturated carbocycles. The molecular weight excluding hydrogens is 406 g/mol. The van der Waals surface area contributed by atoms with Crippen LogP contribution >= 0.6 is 0 Å². The highest BCUT2D eigenvalue weighted by Gasteiger charge is 2.39. The van der Waals surface area contributed by atoms with E-state index in [1.54, 1.807) is 4.72 Å². The Labute approximate surface area is 158 Å². The molecule has 1 aliphatic carbocycles. The Hall–Kier alpha value is -2.08. The minimum Gasteiger partial charge on any atom is -0.506 e. The number of aryl methyl sites for hydroxylation is 1. The van der Waals surface area contributed by atoms with Crippen LogP contribution in [0.2, 0.25) is 0 Å². The maximum absolute atomic E-state index is 15.1. The number of nitrogens with zero attached hydrogens (tertiary/aromatic N) is 1. The highest BCUT2D eigenvalue weighted by atomic mass is 32.2. The Morgan fingerprint density at radius 1 is 1.36 bits per heavy atom. The first-order valence-corrected chi connectivity index (χ1v) is 10.1. The summed E-state index contributed by atoms with van der Waals surface area (Å²) in [4.78, 5) is 11.4. The molecule has 7 nitrogen and oxygen atoms in total. The van der Waals surface area contributed by atoms with Crippen molar-refractivity contribution in [2.45, 2.75) is 44.3 Å². The summed E-state index contributed by atoms with van der Waals surface area (Å²) < 4.78 is 77.8. The van der Waals surface area contributed by atoms with Gasteiger partial charge in [0.1, 0.15) is 18.0 Å². The van der Waals surface area contributed by atoms with Crippen LogP contribution in [-0.4, -0.2) is 44.7 Å². The summed E-state index contributed by atoms with van der Waals surface area (Å²) in [6.45, 7) is -0.532. The molecule has 1 aliphatic heterocycles. The Kier molecular flexibility index (Phi) is 5.45. The molecule has 0 aromatic heterocycles. The largest absolute Gasteiger partial charge is 0.506 e. The fraction of sp³-hybridized carbons (Fsp3) is 0.562. The Morgan fingerprint density at radius 3 is 2.68 bits per heavy atom. The van der Waals surface area contributed by atoms with Gasteiger partial charge >= 0.3 is 16.4 Å². The number of anilines is 1. The Bertz CT molecular complexity index is 889. The third-order valence-corrected chi connectivity index (χ3v) is 6.14. The van der Waals surface area contributed by atoms with Gasteiger partial charge in [-0.05, 0) is 49.4 Å². The molecule has 3 rings (SSSR count). The zero-order valence-corrected chi connectivity index (χ0v) is 15.5. The van der Waals surface area contributed by atoms with Gasteiger partial charge < -0.3 is 10.4 Å². The molecule has 1 heterocycles. The zero-order valence-electron chi connectivity index (χ0n) is 14.6. The van der Waals surface area contributed by atoms with Crippen molar-refractivity contribution in [1.82, 2.24) is 10.0 Å². The molecule has 0 spiro atoms. The number of carbonyl (C=O) groups is 1. The number of rotatable bonds is 5. The lowest BCUT2D eigenvalue weighted by Crippen LogP contribution is -2.36. The van der Waals surface area contributed by atoms with Crippen molar-refractivity contribution in [1.29, 1.82) is 0 Å². The van der Waals surface area contributed by atoms with Gasteiger partial charge in [-0.3, -0.25) is 4.79 Å². The van der Waals surface area contributed by atoms with Gasteiger partial charge in [0.25, 0.3) is 5.91 Å². The molecule has 1 aromatic rings. The third kappa shape index (κ3) is 4.32. The highest BCUT2D eigenvalue weighted by molar-refractivity contribution is 7.92. The van der Waals surface area contributed by atoms with E-state index in [9.17, 15) is 31.5 Å². The molecule has 2 aliphatic rings. The van der Waals surface area contributed by atoms with Crippen molar-refractivity contribution in [2.24, 2.45) is 0 Å². The molecule has 0 bridgehead atoms. The standard InChI is InChI=1S/C16H19F4N3O4S/c17-14-11-7-10(21-5-1-4-16(18,19)20)3-2-9(11)6-12(24)15(14)23-8-13(25)22-28(23,26)27/h6,10,21,24H,1-5,7-8H2,(H,22,25). The maximum atomic E-state index is 15.1. The van der Waals surface area contributed by atoms with Crippen LogP contribution < -0.4 is 14.3 Å². The molecular formula is C16H19F4N3O4S. The van der Waals surface area contributed by atoms with Gasteiger partial charge in [-0.2, -0.15) is 21.6 Å². The van der Waals surface area contributed by atoms with E-state index in [0.717, 1.165) is 0 Å². The summed E-state index contributed by atoms with van der Waals surface area (Å²) in [7, 11) is -4.29. The number of nitrogens with one attached hydrogen (secondary N) is 2. The second kappa shape index (κ2) is 7.39. The van der Waals surface area contributed by atoms with Crippen molar-refractivity contribution >= 4 is 21.8 Å². The summed E-state index contributed by atoms with van der Waals surface area (Å²) in [5.41, 5.74) is 0.0831. The number of phenols is 1. The lowest BCUT2D eigenvalue weighted by molar-refractivity contribution is -0.135. The number of phenolic OH excluding ortho intramolecular Hbond substituents is 1. The second-order valence-corrected chi connectivity index (χ2v) is 8.44. The molecule has 28 heavy (non-hydrogen) atoms. The van der Waals surface area contributed by atoms with E-state index in [0.29, 0.717) is 22.7 Å².